The third-order valence-corrected chi connectivity index (χ3v) is 3.30. The number of pyridine rings is 1. The average Bonchev–Trinajstić information content (AvgIpc) is 2.27. The number of hydrogen-bond acceptors (Lipinski definition) is 2. The molecule has 17 heavy (non-hydrogen) atoms. The fourth-order valence-electron chi connectivity index (χ4n) is 2.38. The van der Waals surface area contributed by atoms with Gasteiger partial charge in [-0.25, -0.2) is 0 Å². The summed E-state index contributed by atoms with van der Waals surface area (Å²) in [7, 11) is 0. The number of benzene rings is 1. The number of rotatable bonds is 2. The monoisotopic (exact) mass is 228 g/mol. The Morgan fingerprint density at radius 2 is 1.82 bits per heavy atom. The molecular formula is C15H20N2. The molecule has 0 fully saturated rings. The molecule has 0 aliphatic rings. The van der Waals surface area contributed by atoms with E-state index in [9.17, 15) is 0 Å². The van der Waals surface area contributed by atoms with Gasteiger partial charge in [0.2, 0.25) is 0 Å². The standard InChI is InChI=1S/C15H20N2/c1-9-5-10(2)15-13(6-9)7-11(3)14(17-15)12(4)8-16/h5-7,12H,8,16H2,1-4H3. The minimum atomic E-state index is 0.320. The summed E-state index contributed by atoms with van der Waals surface area (Å²) in [4.78, 5) is 4.81. The second-order valence-corrected chi connectivity index (χ2v) is 4.98. The molecule has 0 saturated carbocycles. The van der Waals surface area contributed by atoms with Gasteiger partial charge < -0.3 is 5.73 Å². The lowest BCUT2D eigenvalue weighted by molar-refractivity contribution is 0.742. The van der Waals surface area contributed by atoms with E-state index in [2.05, 4.69) is 45.9 Å². The van der Waals surface area contributed by atoms with Gasteiger partial charge >= 0.3 is 0 Å². The number of fused-ring (bicyclic) bond motifs is 1. The summed E-state index contributed by atoms with van der Waals surface area (Å²) < 4.78 is 0. The van der Waals surface area contributed by atoms with E-state index in [1.54, 1.807) is 0 Å². The highest BCUT2D eigenvalue weighted by molar-refractivity contribution is 5.83. The van der Waals surface area contributed by atoms with E-state index in [4.69, 9.17) is 10.7 Å². The predicted octanol–water partition coefficient (Wildman–Crippen LogP) is 3.22. The van der Waals surface area contributed by atoms with E-state index < -0.39 is 0 Å². The van der Waals surface area contributed by atoms with E-state index in [0.29, 0.717) is 12.5 Å². The number of aryl methyl sites for hydroxylation is 3. The van der Waals surface area contributed by atoms with Crippen LogP contribution in [-0.4, -0.2) is 11.5 Å². The van der Waals surface area contributed by atoms with Crippen LogP contribution in [0.3, 0.4) is 0 Å². The molecule has 0 radical (unpaired) electrons. The van der Waals surface area contributed by atoms with Crippen molar-refractivity contribution in [2.45, 2.75) is 33.6 Å². The first-order chi connectivity index (χ1) is 8.02. The molecule has 1 atom stereocenters. The van der Waals surface area contributed by atoms with Crippen LogP contribution in [0, 0.1) is 20.8 Å². The number of nitrogens with two attached hydrogens (primary N) is 1. The van der Waals surface area contributed by atoms with Gasteiger partial charge in [-0.3, -0.25) is 4.98 Å². The Morgan fingerprint density at radius 1 is 1.12 bits per heavy atom. The lowest BCUT2D eigenvalue weighted by atomic mass is 9.99. The van der Waals surface area contributed by atoms with Gasteiger partial charge in [0.25, 0.3) is 0 Å². The maximum absolute atomic E-state index is 5.74. The summed E-state index contributed by atoms with van der Waals surface area (Å²) in [6, 6.07) is 6.60. The topological polar surface area (TPSA) is 38.9 Å². The minimum Gasteiger partial charge on any atom is -0.330 e. The normalized spacial score (nSPS) is 13.0. The molecule has 1 aromatic carbocycles. The molecule has 0 spiro atoms. The fraction of sp³-hybridized carbons (Fsp3) is 0.400. The summed E-state index contributed by atoms with van der Waals surface area (Å²) in [5.74, 6) is 0.320. The molecule has 1 heterocycles. The zero-order chi connectivity index (χ0) is 12.6. The number of aromatic nitrogens is 1. The molecule has 2 heteroatoms. The van der Waals surface area contributed by atoms with Crippen molar-refractivity contribution in [3.05, 3.63) is 40.6 Å². The Labute approximate surface area is 103 Å². The van der Waals surface area contributed by atoms with Crippen molar-refractivity contribution >= 4 is 10.9 Å². The van der Waals surface area contributed by atoms with Crippen molar-refractivity contribution < 1.29 is 0 Å². The predicted molar refractivity (Wildman–Crippen MR) is 73.4 cm³/mol. The summed E-state index contributed by atoms with van der Waals surface area (Å²) in [6.45, 7) is 9.13. The average molecular weight is 228 g/mol. The zero-order valence-corrected chi connectivity index (χ0v) is 11.0. The highest BCUT2D eigenvalue weighted by Gasteiger charge is 2.11. The van der Waals surface area contributed by atoms with Crippen molar-refractivity contribution in [1.29, 1.82) is 0 Å². The Bertz CT molecular complexity index is 558. The molecule has 0 aliphatic carbocycles. The molecule has 2 N–H and O–H groups in total. The zero-order valence-electron chi connectivity index (χ0n) is 11.0. The molecule has 90 valence electrons. The first kappa shape index (κ1) is 12.1. The summed E-state index contributed by atoms with van der Waals surface area (Å²) in [6.07, 6.45) is 0. The van der Waals surface area contributed by atoms with Gasteiger partial charge in [-0.2, -0.15) is 0 Å². The van der Waals surface area contributed by atoms with Gasteiger partial charge in [0.1, 0.15) is 0 Å². The maximum atomic E-state index is 5.74. The van der Waals surface area contributed by atoms with E-state index in [1.807, 2.05) is 0 Å². The van der Waals surface area contributed by atoms with Crippen molar-refractivity contribution in [3.8, 4) is 0 Å². The number of nitrogens with zero attached hydrogens (tertiary/aromatic N) is 1. The van der Waals surface area contributed by atoms with Gasteiger partial charge in [0.05, 0.1) is 5.52 Å². The first-order valence-electron chi connectivity index (χ1n) is 6.11. The molecule has 1 aromatic heterocycles. The second kappa shape index (κ2) is 4.46. The molecule has 2 aromatic rings. The van der Waals surface area contributed by atoms with Gasteiger partial charge in [-0.05, 0) is 44.0 Å². The van der Waals surface area contributed by atoms with Crippen LogP contribution in [0.25, 0.3) is 10.9 Å². The molecule has 0 bridgehead atoms. The smallest absolute Gasteiger partial charge is 0.0734 e. The largest absolute Gasteiger partial charge is 0.330 e. The Hall–Kier alpha value is -1.41. The number of hydrogen-bond donors (Lipinski definition) is 1. The fourth-order valence-corrected chi connectivity index (χ4v) is 2.38. The highest BCUT2D eigenvalue weighted by atomic mass is 14.7. The van der Waals surface area contributed by atoms with E-state index in [1.165, 1.54) is 22.1 Å². The van der Waals surface area contributed by atoms with Crippen molar-refractivity contribution in [1.82, 2.24) is 4.98 Å². The van der Waals surface area contributed by atoms with Crippen LogP contribution < -0.4 is 5.73 Å². The van der Waals surface area contributed by atoms with Crippen LogP contribution >= 0.6 is 0 Å². The lowest BCUT2D eigenvalue weighted by Gasteiger charge is -2.14. The quantitative estimate of drug-likeness (QED) is 0.857. The third kappa shape index (κ3) is 2.18. The van der Waals surface area contributed by atoms with E-state index in [0.717, 1.165) is 11.2 Å². The minimum absolute atomic E-state index is 0.320. The van der Waals surface area contributed by atoms with Crippen LogP contribution in [-0.2, 0) is 0 Å². The van der Waals surface area contributed by atoms with E-state index >= 15 is 0 Å². The third-order valence-electron chi connectivity index (χ3n) is 3.30. The molecule has 2 rings (SSSR count). The summed E-state index contributed by atoms with van der Waals surface area (Å²) >= 11 is 0. The maximum Gasteiger partial charge on any atom is 0.0734 e. The first-order valence-corrected chi connectivity index (χ1v) is 6.11. The van der Waals surface area contributed by atoms with Crippen LogP contribution in [0.4, 0.5) is 0 Å². The Balaban J connectivity index is 2.71. The van der Waals surface area contributed by atoms with Gasteiger partial charge in [-0.1, -0.05) is 18.6 Å². The molecule has 1 unspecified atom stereocenters. The summed E-state index contributed by atoms with van der Waals surface area (Å²) in [5, 5.41) is 1.23. The highest BCUT2D eigenvalue weighted by Crippen LogP contribution is 2.24. The second-order valence-electron chi connectivity index (χ2n) is 4.98. The lowest BCUT2D eigenvalue weighted by Crippen LogP contribution is -2.12. The van der Waals surface area contributed by atoms with Crippen molar-refractivity contribution in [3.63, 3.8) is 0 Å². The summed E-state index contributed by atoms with van der Waals surface area (Å²) in [5.41, 5.74) is 11.7. The molecule has 0 saturated heterocycles. The molecule has 0 aliphatic heterocycles. The molecule has 0 amide bonds. The Morgan fingerprint density at radius 3 is 2.47 bits per heavy atom. The van der Waals surface area contributed by atoms with Gasteiger partial charge in [0.15, 0.2) is 0 Å². The SMILES string of the molecule is Cc1cc(C)c2nc(C(C)CN)c(C)cc2c1. The van der Waals surface area contributed by atoms with Crippen LogP contribution in [0.2, 0.25) is 0 Å². The van der Waals surface area contributed by atoms with Crippen LogP contribution in [0.5, 0.6) is 0 Å². The van der Waals surface area contributed by atoms with Crippen LogP contribution in [0.1, 0.15) is 35.2 Å². The van der Waals surface area contributed by atoms with Crippen LogP contribution in [0.15, 0.2) is 18.2 Å². The van der Waals surface area contributed by atoms with E-state index in [-0.39, 0.29) is 0 Å². The van der Waals surface area contributed by atoms with Crippen molar-refractivity contribution in [2.75, 3.05) is 6.54 Å². The Kier molecular flexibility index (Phi) is 3.16. The van der Waals surface area contributed by atoms with Gasteiger partial charge in [-0.15, -0.1) is 0 Å². The molecule has 2 nitrogen and oxygen atoms in total. The molecular weight excluding hydrogens is 208 g/mol. The van der Waals surface area contributed by atoms with Gasteiger partial charge in [0, 0.05) is 23.5 Å². The van der Waals surface area contributed by atoms with Crippen molar-refractivity contribution in [2.24, 2.45) is 5.73 Å².